The molecule has 0 radical (unpaired) electrons. The SMILES string of the molecule is COc1ccc([N+](=O)[O-])c(N2CC(CC(=O)O)C2)n1. The van der Waals surface area contributed by atoms with E-state index in [0.717, 1.165) is 0 Å². The first-order valence-corrected chi connectivity index (χ1v) is 5.67. The fourth-order valence-electron chi connectivity index (χ4n) is 2.03. The van der Waals surface area contributed by atoms with Crippen LogP contribution in [0.2, 0.25) is 0 Å². The minimum Gasteiger partial charge on any atom is -0.481 e. The first-order valence-electron chi connectivity index (χ1n) is 5.67. The normalized spacial score (nSPS) is 14.9. The fraction of sp³-hybridized carbons (Fsp3) is 0.455. The second-order valence-electron chi connectivity index (χ2n) is 4.32. The minimum atomic E-state index is -0.863. The molecule has 0 aliphatic carbocycles. The molecule has 0 spiro atoms. The summed E-state index contributed by atoms with van der Waals surface area (Å²) in [6, 6.07) is 2.77. The van der Waals surface area contributed by atoms with Crippen LogP contribution in [-0.4, -0.2) is 41.2 Å². The lowest BCUT2D eigenvalue weighted by Gasteiger charge is -2.39. The molecule has 1 aliphatic rings. The number of nitrogens with zero attached hydrogens (tertiary/aromatic N) is 3. The van der Waals surface area contributed by atoms with E-state index >= 15 is 0 Å². The summed E-state index contributed by atoms with van der Waals surface area (Å²) in [6.07, 6.45) is 0.0638. The highest BCUT2D eigenvalue weighted by Gasteiger charge is 2.34. The van der Waals surface area contributed by atoms with Crippen molar-refractivity contribution in [2.45, 2.75) is 6.42 Å². The number of aliphatic carboxylic acids is 1. The largest absolute Gasteiger partial charge is 0.481 e. The first kappa shape index (κ1) is 13.1. The average Bonchev–Trinajstić information content (AvgIpc) is 2.32. The van der Waals surface area contributed by atoms with Gasteiger partial charge in [-0.15, -0.1) is 0 Å². The van der Waals surface area contributed by atoms with Crippen molar-refractivity contribution in [1.29, 1.82) is 0 Å². The molecule has 1 fully saturated rings. The smallest absolute Gasteiger partial charge is 0.311 e. The number of pyridine rings is 1. The Balaban J connectivity index is 2.16. The van der Waals surface area contributed by atoms with Crippen molar-refractivity contribution in [1.82, 2.24) is 4.98 Å². The third-order valence-electron chi connectivity index (χ3n) is 2.95. The summed E-state index contributed by atoms with van der Waals surface area (Å²) in [7, 11) is 1.43. The number of hydrogen-bond acceptors (Lipinski definition) is 6. The number of rotatable bonds is 5. The minimum absolute atomic E-state index is 0.00473. The summed E-state index contributed by atoms with van der Waals surface area (Å²) < 4.78 is 4.95. The number of methoxy groups -OCH3 is 1. The summed E-state index contributed by atoms with van der Waals surface area (Å²) in [4.78, 5) is 26.7. The molecule has 0 amide bonds. The van der Waals surface area contributed by atoms with Gasteiger partial charge in [0.2, 0.25) is 11.7 Å². The molecule has 0 bridgehead atoms. The van der Waals surface area contributed by atoms with Crippen molar-refractivity contribution < 1.29 is 19.6 Å². The van der Waals surface area contributed by atoms with Crippen LogP contribution in [0.1, 0.15) is 6.42 Å². The lowest BCUT2D eigenvalue weighted by Crippen LogP contribution is -2.48. The lowest BCUT2D eigenvalue weighted by molar-refractivity contribution is -0.384. The number of carboxylic acids is 1. The number of nitro groups is 1. The van der Waals surface area contributed by atoms with Crippen molar-refractivity contribution in [3.63, 3.8) is 0 Å². The standard InChI is InChI=1S/C11H13N3O5/c1-19-9-3-2-8(14(17)18)11(12-9)13-5-7(6-13)4-10(15)16/h2-3,7H,4-6H2,1H3,(H,15,16). The van der Waals surface area contributed by atoms with Gasteiger partial charge in [0.15, 0.2) is 0 Å². The van der Waals surface area contributed by atoms with Crippen molar-refractivity contribution in [3.8, 4) is 5.88 Å². The molecule has 1 aliphatic heterocycles. The van der Waals surface area contributed by atoms with E-state index in [-0.39, 0.29) is 23.8 Å². The summed E-state index contributed by atoms with van der Waals surface area (Å²) in [5.41, 5.74) is -0.102. The maximum atomic E-state index is 10.9. The van der Waals surface area contributed by atoms with Gasteiger partial charge in [-0.1, -0.05) is 0 Å². The van der Waals surface area contributed by atoms with Crippen LogP contribution in [0.15, 0.2) is 12.1 Å². The van der Waals surface area contributed by atoms with Crippen LogP contribution in [0.5, 0.6) is 5.88 Å². The molecule has 2 heterocycles. The molecule has 0 saturated carbocycles. The van der Waals surface area contributed by atoms with Crippen LogP contribution < -0.4 is 9.64 Å². The zero-order valence-corrected chi connectivity index (χ0v) is 10.3. The van der Waals surface area contributed by atoms with Crippen LogP contribution in [0.3, 0.4) is 0 Å². The molecule has 1 aromatic rings. The van der Waals surface area contributed by atoms with Crippen LogP contribution >= 0.6 is 0 Å². The maximum Gasteiger partial charge on any atom is 0.311 e. The van der Waals surface area contributed by atoms with Gasteiger partial charge < -0.3 is 14.7 Å². The molecule has 8 nitrogen and oxygen atoms in total. The fourth-order valence-corrected chi connectivity index (χ4v) is 2.03. The predicted octanol–water partition coefficient (Wildman–Crippen LogP) is 0.909. The highest BCUT2D eigenvalue weighted by atomic mass is 16.6. The molecule has 0 unspecified atom stereocenters. The molecule has 1 saturated heterocycles. The molecular weight excluding hydrogens is 254 g/mol. The lowest BCUT2D eigenvalue weighted by atomic mass is 9.96. The van der Waals surface area contributed by atoms with Crippen molar-refractivity contribution in [3.05, 3.63) is 22.2 Å². The maximum absolute atomic E-state index is 10.9. The van der Waals surface area contributed by atoms with Crippen LogP contribution in [0.25, 0.3) is 0 Å². The number of aromatic nitrogens is 1. The van der Waals surface area contributed by atoms with E-state index in [1.165, 1.54) is 19.2 Å². The zero-order chi connectivity index (χ0) is 14.0. The topological polar surface area (TPSA) is 106 Å². The Kier molecular flexibility index (Phi) is 3.50. The van der Waals surface area contributed by atoms with Gasteiger partial charge in [-0.2, -0.15) is 4.98 Å². The molecule has 2 rings (SSSR count). The van der Waals surface area contributed by atoms with Crippen molar-refractivity contribution in [2.24, 2.45) is 5.92 Å². The Morgan fingerprint density at radius 3 is 2.84 bits per heavy atom. The Labute approximate surface area is 108 Å². The van der Waals surface area contributed by atoms with E-state index in [2.05, 4.69) is 4.98 Å². The van der Waals surface area contributed by atoms with E-state index in [4.69, 9.17) is 9.84 Å². The van der Waals surface area contributed by atoms with Gasteiger partial charge >= 0.3 is 11.7 Å². The van der Waals surface area contributed by atoms with Crippen LogP contribution in [0, 0.1) is 16.0 Å². The van der Waals surface area contributed by atoms with Gasteiger partial charge in [0.25, 0.3) is 0 Å². The quantitative estimate of drug-likeness (QED) is 0.624. The third-order valence-corrected chi connectivity index (χ3v) is 2.95. The number of anilines is 1. The number of hydrogen-bond donors (Lipinski definition) is 1. The molecule has 102 valence electrons. The number of ether oxygens (including phenoxy) is 1. The van der Waals surface area contributed by atoms with Gasteiger partial charge in [0.1, 0.15) is 0 Å². The van der Waals surface area contributed by atoms with E-state index in [0.29, 0.717) is 19.0 Å². The first-order chi connectivity index (χ1) is 9.01. The average molecular weight is 267 g/mol. The second-order valence-corrected chi connectivity index (χ2v) is 4.32. The Morgan fingerprint density at radius 2 is 2.32 bits per heavy atom. The Bertz CT molecular complexity index is 513. The van der Waals surface area contributed by atoms with E-state index in [1.54, 1.807) is 4.90 Å². The van der Waals surface area contributed by atoms with E-state index < -0.39 is 10.9 Å². The van der Waals surface area contributed by atoms with Gasteiger partial charge in [0, 0.05) is 31.1 Å². The van der Waals surface area contributed by atoms with Crippen molar-refractivity contribution in [2.75, 3.05) is 25.1 Å². The Hall–Kier alpha value is -2.38. The zero-order valence-electron chi connectivity index (χ0n) is 10.3. The molecule has 0 atom stereocenters. The van der Waals surface area contributed by atoms with Crippen LogP contribution in [-0.2, 0) is 4.79 Å². The van der Waals surface area contributed by atoms with Gasteiger partial charge in [-0.25, -0.2) is 0 Å². The van der Waals surface area contributed by atoms with Gasteiger partial charge in [0.05, 0.1) is 18.5 Å². The van der Waals surface area contributed by atoms with Crippen LogP contribution in [0.4, 0.5) is 11.5 Å². The highest BCUT2D eigenvalue weighted by molar-refractivity contribution is 5.68. The molecule has 19 heavy (non-hydrogen) atoms. The Morgan fingerprint density at radius 1 is 1.63 bits per heavy atom. The second kappa shape index (κ2) is 5.09. The number of carbonyl (C=O) groups is 1. The van der Waals surface area contributed by atoms with E-state index in [1.807, 2.05) is 0 Å². The summed E-state index contributed by atoms with van der Waals surface area (Å²) in [6.45, 7) is 0.903. The van der Waals surface area contributed by atoms with Gasteiger partial charge in [-0.05, 0) is 0 Å². The summed E-state index contributed by atoms with van der Waals surface area (Å²) in [5.74, 6) is -0.337. The molecule has 0 aromatic carbocycles. The molecular formula is C11H13N3O5. The molecule has 1 aromatic heterocycles. The predicted molar refractivity (Wildman–Crippen MR) is 65.4 cm³/mol. The number of carboxylic acid groups (broad SMARTS) is 1. The van der Waals surface area contributed by atoms with Crippen molar-refractivity contribution >= 4 is 17.5 Å². The third kappa shape index (κ3) is 2.72. The monoisotopic (exact) mass is 267 g/mol. The van der Waals surface area contributed by atoms with E-state index in [9.17, 15) is 14.9 Å². The summed E-state index contributed by atoms with van der Waals surface area (Å²) in [5, 5.41) is 19.6. The summed E-state index contributed by atoms with van der Waals surface area (Å²) >= 11 is 0. The van der Waals surface area contributed by atoms with Gasteiger partial charge in [-0.3, -0.25) is 14.9 Å². The molecule has 1 N–H and O–H groups in total. The molecule has 8 heteroatoms. The highest BCUT2D eigenvalue weighted by Crippen LogP contribution is 2.33.